The van der Waals surface area contributed by atoms with E-state index in [1.54, 1.807) is 30.5 Å². The van der Waals surface area contributed by atoms with Gasteiger partial charge in [-0.05, 0) is 24.3 Å². The Morgan fingerprint density at radius 3 is 2.65 bits per heavy atom. The van der Waals surface area contributed by atoms with Crippen LogP contribution in [0.15, 0.2) is 36.7 Å². The summed E-state index contributed by atoms with van der Waals surface area (Å²) in [4.78, 5) is 14.9. The van der Waals surface area contributed by atoms with Gasteiger partial charge in [-0.3, -0.25) is 0 Å². The predicted octanol–water partition coefficient (Wildman–Crippen LogP) is 1.73. The first kappa shape index (κ1) is 11.2. The van der Waals surface area contributed by atoms with E-state index in [1.165, 1.54) is 0 Å². The monoisotopic (exact) mass is 231 g/mol. The fraction of sp³-hybridized carbons (Fsp3) is 0.167. The van der Waals surface area contributed by atoms with Crippen molar-refractivity contribution in [3.05, 3.63) is 48.0 Å². The van der Waals surface area contributed by atoms with E-state index in [0.717, 1.165) is 11.5 Å². The highest BCUT2D eigenvalue weighted by atomic mass is 16.4. The van der Waals surface area contributed by atoms with Crippen molar-refractivity contribution in [1.82, 2.24) is 9.55 Å². The number of imidazole rings is 1. The van der Waals surface area contributed by atoms with Crippen LogP contribution in [0, 0.1) is 0 Å². The van der Waals surface area contributed by atoms with Crippen molar-refractivity contribution in [3.63, 3.8) is 0 Å². The number of hydrogen-bond donors (Lipinski definition) is 2. The summed E-state index contributed by atoms with van der Waals surface area (Å²) in [6.07, 6.45) is 3.62. The normalized spacial score (nSPS) is 10.2. The minimum absolute atomic E-state index is 0.285. The molecule has 2 aromatic rings. The van der Waals surface area contributed by atoms with Crippen LogP contribution in [-0.4, -0.2) is 20.6 Å². The summed E-state index contributed by atoms with van der Waals surface area (Å²) >= 11 is 0. The number of anilines is 1. The topological polar surface area (TPSA) is 67.2 Å². The number of carboxylic acid groups (broad SMARTS) is 1. The quantitative estimate of drug-likeness (QED) is 0.841. The van der Waals surface area contributed by atoms with Crippen LogP contribution >= 0.6 is 0 Å². The Hall–Kier alpha value is -2.30. The lowest BCUT2D eigenvalue weighted by atomic mass is 10.2. The molecule has 0 fully saturated rings. The van der Waals surface area contributed by atoms with Gasteiger partial charge < -0.3 is 15.0 Å². The Labute approximate surface area is 98.7 Å². The molecule has 0 saturated carbocycles. The molecule has 0 bridgehead atoms. The molecule has 1 aromatic carbocycles. The second-order valence-corrected chi connectivity index (χ2v) is 3.69. The van der Waals surface area contributed by atoms with E-state index >= 15 is 0 Å². The Balaban J connectivity index is 2.00. The van der Waals surface area contributed by atoms with E-state index < -0.39 is 5.97 Å². The fourth-order valence-corrected chi connectivity index (χ4v) is 1.48. The van der Waals surface area contributed by atoms with Crippen molar-refractivity contribution in [1.29, 1.82) is 0 Å². The Morgan fingerprint density at radius 1 is 1.41 bits per heavy atom. The summed E-state index contributed by atoms with van der Waals surface area (Å²) in [5, 5.41) is 11.9. The Morgan fingerprint density at radius 2 is 2.12 bits per heavy atom. The van der Waals surface area contributed by atoms with Gasteiger partial charge in [0.15, 0.2) is 0 Å². The molecular formula is C12H13N3O2. The van der Waals surface area contributed by atoms with Crippen LogP contribution in [0.25, 0.3) is 0 Å². The summed E-state index contributed by atoms with van der Waals surface area (Å²) in [6, 6.07) is 6.63. The van der Waals surface area contributed by atoms with Gasteiger partial charge in [0.05, 0.1) is 12.1 Å². The molecular weight excluding hydrogens is 218 g/mol. The van der Waals surface area contributed by atoms with Crippen LogP contribution in [0.2, 0.25) is 0 Å². The molecule has 0 atom stereocenters. The number of benzene rings is 1. The van der Waals surface area contributed by atoms with Crippen LogP contribution in [0.4, 0.5) is 5.69 Å². The van der Waals surface area contributed by atoms with E-state index in [2.05, 4.69) is 10.3 Å². The smallest absolute Gasteiger partial charge is 0.335 e. The van der Waals surface area contributed by atoms with Gasteiger partial charge in [-0.2, -0.15) is 0 Å². The highest BCUT2D eigenvalue weighted by Gasteiger charge is 2.02. The number of aromatic nitrogens is 2. The summed E-state index contributed by atoms with van der Waals surface area (Å²) in [6.45, 7) is 0.607. The molecule has 0 aliphatic heterocycles. The number of carboxylic acids is 1. The SMILES string of the molecule is Cn1ccnc1CNc1ccc(C(=O)O)cc1. The first-order valence-electron chi connectivity index (χ1n) is 5.20. The predicted molar refractivity (Wildman–Crippen MR) is 63.9 cm³/mol. The maximum atomic E-state index is 10.7. The molecule has 0 aliphatic rings. The van der Waals surface area contributed by atoms with Gasteiger partial charge in [0.2, 0.25) is 0 Å². The number of nitrogens with one attached hydrogen (secondary N) is 1. The molecule has 0 saturated heterocycles. The zero-order chi connectivity index (χ0) is 12.3. The maximum Gasteiger partial charge on any atom is 0.335 e. The van der Waals surface area contributed by atoms with E-state index in [1.807, 2.05) is 17.8 Å². The number of nitrogens with zero attached hydrogens (tertiary/aromatic N) is 2. The molecule has 0 radical (unpaired) electrons. The number of carbonyl (C=O) groups is 1. The molecule has 5 heteroatoms. The number of rotatable bonds is 4. The summed E-state index contributed by atoms with van der Waals surface area (Å²) in [7, 11) is 1.93. The van der Waals surface area contributed by atoms with E-state index in [0.29, 0.717) is 6.54 Å². The van der Waals surface area contributed by atoms with Crippen molar-refractivity contribution < 1.29 is 9.90 Å². The van der Waals surface area contributed by atoms with E-state index in [4.69, 9.17) is 5.11 Å². The maximum absolute atomic E-state index is 10.7. The highest BCUT2D eigenvalue weighted by Crippen LogP contribution is 2.10. The van der Waals surface area contributed by atoms with Crippen LogP contribution in [-0.2, 0) is 13.6 Å². The molecule has 0 amide bonds. The minimum Gasteiger partial charge on any atom is -0.478 e. The van der Waals surface area contributed by atoms with Crippen LogP contribution in [0.3, 0.4) is 0 Å². The Kier molecular flexibility index (Phi) is 3.09. The van der Waals surface area contributed by atoms with Crippen molar-refractivity contribution >= 4 is 11.7 Å². The summed E-state index contributed by atoms with van der Waals surface area (Å²) < 4.78 is 1.93. The lowest BCUT2D eigenvalue weighted by molar-refractivity contribution is 0.0697. The van der Waals surface area contributed by atoms with Crippen molar-refractivity contribution in [2.75, 3.05) is 5.32 Å². The van der Waals surface area contributed by atoms with Crippen LogP contribution in [0.5, 0.6) is 0 Å². The molecule has 1 aromatic heterocycles. The van der Waals surface area contributed by atoms with Gasteiger partial charge in [0.25, 0.3) is 0 Å². The van der Waals surface area contributed by atoms with Crippen LogP contribution < -0.4 is 5.32 Å². The zero-order valence-corrected chi connectivity index (χ0v) is 9.42. The molecule has 2 rings (SSSR count). The molecule has 2 N–H and O–H groups in total. The molecule has 0 aliphatic carbocycles. The highest BCUT2D eigenvalue weighted by molar-refractivity contribution is 5.87. The molecule has 88 valence electrons. The van der Waals surface area contributed by atoms with Gasteiger partial charge in [-0.25, -0.2) is 9.78 Å². The second kappa shape index (κ2) is 4.69. The average molecular weight is 231 g/mol. The lowest BCUT2D eigenvalue weighted by Crippen LogP contribution is -2.05. The van der Waals surface area contributed by atoms with Crippen molar-refractivity contribution in [2.24, 2.45) is 7.05 Å². The number of aromatic carboxylic acids is 1. The molecule has 17 heavy (non-hydrogen) atoms. The van der Waals surface area contributed by atoms with Gasteiger partial charge in [-0.1, -0.05) is 0 Å². The zero-order valence-electron chi connectivity index (χ0n) is 9.42. The van der Waals surface area contributed by atoms with Crippen molar-refractivity contribution in [3.8, 4) is 0 Å². The number of hydrogen-bond acceptors (Lipinski definition) is 3. The number of aryl methyl sites for hydroxylation is 1. The van der Waals surface area contributed by atoms with Gasteiger partial charge >= 0.3 is 5.97 Å². The Bertz CT molecular complexity index is 517. The van der Waals surface area contributed by atoms with Crippen LogP contribution in [0.1, 0.15) is 16.2 Å². The summed E-state index contributed by atoms with van der Waals surface area (Å²) in [5.41, 5.74) is 1.16. The molecule has 1 heterocycles. The minimum atomic E-state index is -0.916. The third kappa shape index (κ3) is 2.63. The standard InChI is InChI=1S/C12H13N3O2/c1-15-7-6-13-11(15)8-14-10-4-2-9(3-5-10)12(16)17/h2-7,14H,8H2,1H3,(H,16,17). The fourth-order valence-electron chi connectivity index (χ4n) is 1.48. The first-order valence-corrected chi connectivity index (χ1v) is 5.20. The second-order valence-electron chi connectivity index (χ2n) is 3.69. The van der Waals surface area contributed by atoms with E-state index in [-0.39, 0.29) is 5.56 Å². The third-order valence-electron chi connectivity index (χ3n) is 2.50. The first-order chi connectivity index (χ1) is 8.16. The van der Waals surface area contributed by atoms with Gasteiger partial charge in [0, 0.05) is 25.1 Å². The molecule has 5 nitrogen and oxygen atoms in total. The molecule has 0 unspecified atom stereocenters. The van der Waals surface area contributed by atoms with Crippen molar-refractivity contribution in [2.45, 2.75) is 6.54 Å². The largest absolute Gasteiger partial charge is 0.478 e. The summed E-state index contributed by atoms with van der Waals surface area (Å²) in [5.74, 6) is 0.00737. The average Bonchev–Trinajstić information content (AvgIpc) is 2.73. The lowest BCUT2D eigenvalue weighted by Gasteiger charge is -2.06. The molecule has 0 spiro atoms. The van der Waals surface area contributed by atoms with Gasteiger partial charge in [0.1, 0.15) is 5.82 Å². The van der Waals surface area contributed by atoms with Gasteiger partial charge in [-0.15, -0.1) is 0 Å². The van der Waals surface area contributed by atoms with E-state index in [9.17, 15) is 4.79 Å². The third-order valence-corrected chi connectivity index (χ3v) is 2.50.